The van der Waals surface area contributed by atoms with Crippen LogP contribution in [0.25, 0.3) is 6.08 Å². The van der Waals surface area contributed by atoms with Crippen molar-refractivity contribution in [2.75, 3.05) is 6.61 Å². The molecule has 2 saturated heterocycles. The van der Waals surface area contributed by atoms with Crippen molar-refractivity contribution in [3.63, 3.8) is 0 Å². The molecule has 4 rings (SSSR count). The largest absolute Gasteiger partial charge is 0.457 e. The van der Waals surface area contributed by atoms with Crippen LogP contribution in [0.1, 0.15) is 66.4 Å². The summed E-state index contributed by atoms with van der Waals surface area (Å²) in [5.74, 6) is -1.10. The normalized spacial score (nSPS) is 33.6. The minimum absolute atomic E-state index is 0.00525. The first-order chi connectivity index (χ1) is 18.0. The van der Waals surface area contributed by atoms with Crippen LogP contribution in [0.3, 0.4) is 0 Å². The van der Waals surface area contributed by atoms with Crippen molar-refractivity contribution < 1.29 is 33.3 Å². The van der Waals surface area contributed by atoms with E-state index in [0.29, 0.717) is 12.3 Å². The van der Waals surface area contributed by atoms with Gasteiger partial charge in [-0.25, -0.2) is 14.4 Å². The van der Waals surface area contributed by atoms with E-state index in [1.54, 1.807) is 19.9 Å². The Balaban J connectivity index is 1.56. The Kier molecular flexibility index (Phi) is 8.17. The van der Waals surface area contributed by atoms with Crippen LogP contribution in [-0.4, -0.2) is 47.9 Å². The van der Waals surface area contributed by atoms with Crippen LogP contribution < -0.4 is 0 Å². The first kappa shape index (κ1) is 28.1. The van der Waals surface area contributed by atoms with Gasteiger partial charge in [-0.1, -0.05) is 56.7 Å². The number of allylic oxidation sites excluding steroid dienone is 1. The zero-order chi connectivity index (χ0) is 27.7. The number of hydrogen-bond acceptors (Lipinski definition) is 7. The topological polar surface area (TPSA) is 88.1 Å². The predicted molar refractivity (Wildman–Crippen MR) is 143 cm³/mol. The molecule has 7 nitrogen and oxygen atoms in total. The van der Waals surface area contributed by atoms with Gasteiger partial charge >= 0.3 is 17.9 Å². The Morgan fingerprint density at radius 3 is 2.45 bits per heavy atom. The lowest BCUT2D eigenvalue weighted by Gasteiger charge is -2.52. The van der Waals surface area contributed by atoms with Gasteiger partial charge in [0.1, 0.15) is 23.4 Å². The molecule has 1 aliphatic carbocycles. The molecule has 0 radical (unpaired) electrons. The van der Waals surface area contributed by atoms with Gasteiger partial charge in [0, 0.05) is 24.5 Å². The van der Waals surface area contributed by atoms with Crippen LogP contribution in [0.5, 0.6) is 0 Å². The fraction of sp³-hybridized carbons (Fsp3) is 0.581. The standard InChI is InChI=1S/C31H40O7/c1-19(2)16-26(33)35-18-27(34)36-24-17-31(20(3)4)29(28-21(5)12-14-23(28)30(24,6)38-31)37-25(32)15-13-22-10-8-7-9-11-22/h7-11,13,15-16,20-21,23-24,28-29H,12,14,17-18H2,1-6H3/b15-13+/t21-,23-,24-,28-,29+,30+,31-/m1/s1. The van der Waals surface area contributed by atoms with Crippen molar-refractivity contribution in [1.29, 1.82) is 0 Å². The van der Waals surface area contributed by atoms with Crippen molar-refractivity contribution >= 4 is 24.0 Å². The molecule has 0 N–H and O–H groups in total. The number of carbonyl (C=O) groups is 3. The van der Waals surface area contributed by atoms with E-state index in [0.717, 1.165) is 24.0 Å². The summed E-state index contributed by atoms with van der Waals surface area (Å²) >= 11 is 0. The van der Waals surface area contributed by atoms with Crippen LogP contribution >= 0.6 is 0 Å². The zero-order valence-electron chi connectivity index (χ0n) is 23.3. The molecule has 3 aliphatic rings. The Labute approximate surface area is 225 Å². The molecule has 0 aromatic heterocycles. The minimum Gasteiger partial charge on any atom is -0.457 e. The molecule has 38 heavy (non-hydrogen) atoms. The maximum absolute atomic E-state index is 13.1. The molecule has 2 heterocycles. The van der Waals surface area contributed by atoms with Crippen molar-refractivity contribution in [1.82, 2.24) is 0 Å². The quantitative estimate of drug-likeness (QED) is 0.260. The lowest BCUT2D eigenvalue weighted by Crippen LogP contribution is -2.62. The molecule has 7 heteroatoms. The summed E-state index contributed by atoms with van der Waals surface area (Å²) in [5.41, 5.74) is 0.185. The number of fused-ring (bicyclic) bond motifs is 4. The van der Waals surface area contributed by atoms with Gasteiger partial charge in [0.05, 0.1) is 0 Å². The number of rotatable bonds is 8. The molecule has 1 aromatic carbocycles. The second kappa shape index (κ2) is 11.0. The van der Waals surface area contributed by atoms with Crippen molar-refractivity contribution in [3.05, 3.63) is 53.6 Å². The summed E-state index contributed by atoms with van der Waals surface area (Å²) in [4.78, 5) is 37.7. The summed E-state index contributed by atoms with van der Waals surface area (Å²) in [7, 11) is 0. The zero-order valence-corrected chi connectivity index (χ0v) is 23.3. The molecule has 0 amide bonds. The van der Waals surface area contributed by atoms with Crippen molar-refractivity contribution in [2.45, 2.75) is 84.2 Å². The predicted octanol–water partition coefficient (Wildman–Crippen LogP) is 5.28. The van der Waals surface area contributed by atoms with Crippen LogP contribution in [-0.2, 0) is 33.3 Å². The molecule has 7 atom stereocenters. The number of hydrogen-bond donors (Lipinski definition) is 0. The van der Waals surface area contributed by atoms with Gasteiger partial charge in [0.2, 0.25) is 0 Å². The van der Waals surface area contributed by atoms with E-state index in [9.17, 15) is 14.4 Å². The lowest BCUT2D eigenvalue weighted by atomic mass is 9.69. The number of benzene rings is 1. The molecule has 206 valence electrons. The minimum atomic E-state index is -0.797. The summed E-state index contributed by atoms with van der Waals surface area (Å²) in [6, 6.07) is 9.62. The Hall–Kier alpha value is -2.93. The van der Waals surface area contributed by atoms with E-state index in [-0.39, 0.29) is 17.8 Å². The summed E-state index contributed by atoms with van der Waals surface area (Å²) in [6.07, 6.45) is 5.85. The summed E-state index contributed by atoms with van der Waals surface area (Å²) in [6.45, 7) is 11.4. The van der Waals surface area contributed by atoms with Crippen molar-refractivity contribution in [2.24, 2.45) is 23.7 Å². The fourth-order valence-corrected chi connectivity index (χ4v) is 6.74. The summed E-state index contributed by atoms with van der Waals surface area (Å²) in [5, 5.41) is 0. The van der Waals surface area contributed by atoms with Gasteiger partial charge in [0.25, 0.3) is 0 Å². The smallest absolute Gasteiger partial charge is 0.344 e. The van der Waals surface area contributed by atoms with E-state index in [2.05, 4.69) is 20.8 Å². The Morgan fingerprint density at radius 2 is 1.79 bits per heavy atom. The first-order valence-corrected chi connectivity index (χ1v) is 13.6. The highest BCUT2D eigenvalue weighted by molar-refractivity contribution is 5.87. The third-order valence-electron chi connectivity index (χ3n) is 8.62. The van der Waals surface area contributed by atoms with Gasteiger partial charge in [-0.15, -0.1) is 0 Å². The highest BCUT2D eigenvalue weighted by atomic mass is 16.6. The first-order valence-electron chi connectivity index (χ1n) is 13.6. The second-order valence-corrected chi connectivity index (χ2v) is 11.7. The van der Waals surface area contributed by atoms with E-state index in [1.165, 1.54) is 12.2 Å². The molecule has 0 spiro atoms. The monoisotopic (exact) mass is 524 g/mol. The average Bonchev–Trinajstić information content (AvgIpc) is 3.37. The van der Waals surface area contributed by atoms with Gasteiger partial charge in [0.15, 0.2) is 6.61 Å². The molecule has 0 unspecified atom stereocenters. The van der Waals surface area contributed by atoms with Crippen LogP contribution in [0, 0.1) is 23.7 Å². The van der Waals surface area contributed by atoms with Crippen LogP contribution in [0.15, 0.2) is 48.1 Å². The molecular weight excluding hydrogens is 484 g/mol. The number of esters is 3. The molecule has 3 fully saturated rings. The molecule has 2 bridgehead atoms. The second-order valence-electron chi connectivity index (χ2n) is 11.7. The maximum Gasteiger partial charge on any atom is 0.344 e. The van der Waals surface area contributed by atoms with E-state index in [1.807, 2.05) is 37.3 Å². The highest BCUT2D eigenvalue weighted by Gasteiger charge is 2.72. The number of ether oxygens (including phenoxy) is 4. The molecular formula is C31H40O7. The fourth-order valence-electron chi connectivity index (χ4n) is 6.74. The van der Waals surface area contributed by atoms with E-state index >= 15 is 0 Å². The molecule has 1 aromatic rings. The van der Waals surface area contributed by atoms with E-state index in [4.69, 9.17) is 18.9 Å². The van der Waals surface area contributed by atoms with Gasteiger partial charge in [-0.05, 0) is 63.0 Å². The Bertz CT molecular complexity index is 1100. The third kappa shape index (κ3) is 5.44. The van der Waals surface area contributed by atoms with E-state index < -0.39 is 47.9 Å². The molecule has 1 saturated carbocycles. The van der Waals surface area contributed by atoms with Gasteiger partial charge in [-0.3, -0.25) is 0 Å². The number of carbonyl (C=O) groups excluding carboxylic acids is 3. The SMILES string of the molecule is CC(C)=CC(=O)OCC(=O)O[C@@H]1C[C@]2(C(C)C)O[C@@]1(C)[C@@H]1CC[C@@H](C)[C@H]1[C@@H]2OC(=O)/C=C/c1ccccc1. The molecule has 2 aliphatic heterocycles. The van der Waals surface area contributed by atoms with Gasteiger partial charge < -0.3 is 18.9 Å². The van der Waals surface area contributed by atoms with Crippen molar-refractivity contribution in [3.8, 4) is 0 Å². The van der Waals surface area contributed by atoms with Crippen LogP contribution in [0.4, 0.5) is 0 Å². The summed E-state index contributed by atoms with van der Waals surface area (Å²) < 4.78 is 24.1. The third-order valence-corrected chi connectivity index (χ3v) is 8.62. The average molecular weight is 525 g/mol. The van der Waals surface area contributed by atoms with Gasteiger partial charge in [-0.2, -0.15) is 0 Å². The van der Waals surface area contributed by atoms with Crippen LogP contribution in [0.2, 0.25) is 0 Å². The lowest BCUT2D eigenvalue weighted by molar-refractivity contribution is -0.264. The highest BCUT2D eigenvalue weighted by Crippen LogP contribution is 2.63. The Morgan fingerprint density at radius 1 is 1.08 bits per heavy atom. The maximum atomic E-state index is 13.1.